The molecule has 3 rings (SSSR count). The van der Waals surface area contributed by atoms with E-state index in [-0.39, 0.29) is 0 Å². The van der Waals surface area contributed by atoms with Crippen molar-refractivity contribution in [2.75, 3.05) is 13.1 Å². The summed E-state index contributed by atoms with van der Waals surface area (Å²) in [5.41, 5.74) is 1.97. The molecule has 2 aromatic heterocycles. The SMILES string of the molecule is c1ccn2cc(COC3CNC3)nc2c1. The van der Waals surface area contributed by atoms with E-state index in [4.69, 9.17) is 4.74 Å². The highest BCUT2D eigenvalue weighted by atomic mass is 16.5. The van der Waals surface area contributed by atoms with Gasteiger partial charge in [-0.25, -0.2) is 4.98 Å². The molecule has 3 heterocycles. The molecule has 0 spiro atoms. The Bertz CT molecular complexity index is 429. The Hall–Kier alpha value is -1.39. The monoisotopic (exact) mass is 203 g/mol. The maximum Gasteiger partial charge on any atom is 0.137 e. The normalized spacial score (nSPS) is 16.8. The molecule has 0 saturated carbocycles. The van der Waals surface area contributed by atoms with E-state index in [0.717, 1.165) is 24.4 Å². The number of nitrogens with zero attached hydrogens (tertiary/aromatic N) is 2. The van der Waals surface area contributed by atoms with Crippen LogP contribution in [0.25, 0.3) is 5.65 Å². The van der Waals surface area contributed by atoms with E-state index in [0.29, 0.717) is 12.7 Å². The second kappa shape index (κ2) is 3.64. The molecule has 15 heavy (non-hydrogen) atoms. The van der Waals surface area contributed by atoms with Gasteiger partial charge in [-0.15, -0.1) is 0 Å². The standard InChI is InChI=1S/C11H13N3O/c1-2-4-14-7-9(13-11(14)3-1)8-15-10-5-12-6-10/h1-4,7,10,12H,5-6,8H2. The number of pyridine rings is 1. The highest BCUT2D eigenvalue weighted by molar-refractivity contribution is 5.39. The highest BCUT2D eigenvalue weighted by Gasteiger charge is 2.17. The average Bonchev–Trinajstić information content (AvgIpc) is 2.57. The van der Waals surface area contributed by atoms with E-state index >= 15 is 0 Å². The lowest BCUT2D eigenvalue weighted by atomic mass is 10.2. The van der Waals surface area contributed by atoms with Crippen LogP contribution >= 0.6 is 0 Å². The smallest absolute Gasteiger partial charge is 0.137 e. The fourth-order valence-electron chi connectivity index (χ4n) is 1.64. The number of hydrogen-bond acceptors (Lipinski definition) is 3. The van der Waals surface area contributed by atoms with Gasteiger partial charge in [0.15, 0.2) is 0 Å². The fourth-order valence-corrected chi connectivity index (χ4v) is 1.64. The van der Waals surface area contributed by atoms with Crippen LogP contribution in [0.15, 0.2) is 30.6 Å². The highest BCUT2D eigenvalue weighted by Crippen LogP contribution is 2.08. The zero-order valence-electron chi connectivity index (χ0n) is 8.39. The van der Waals surface area contributed by atoms with Crippen LogP contribution in [0.5, 0.6) is 0 Å². The predicted molar refractivity (Wildman–Crippen MR) is 56.6 cm³/mol. The minimum Gasteiger partial charge on any atom is -0.369 e. The van der Waals surface area contributed by atoms with Gasteiger partial charge in [0.1, 0.15) is 5.65 Å². The summed E-state index contributed by atoms with van der Waals surface area (Å²) >= 11 is 0. The summed E-state index contributed by atoms with van der Waals surface area (Å²) in [6.45, 7) is 2.54. The van der Waals surface area contributed by atoms with Gasteiger partial charge in [0.2, 0.25) is 0 Å². The van der Waals surface area contributed by atoms with E-state index in [1.54, 1.807) is 0 Å². The Kier molecular flexibility index (Phi) is 2.16. The molecule has 0 bridgehead atoms. The van der Waals surface area contributed by atoms with Crippen molar-refractivity contribution in [1.29, 1.82) is 0 Å². The van der Waals surface area contributed by atoms with Gasteiger partial charge in [0.25, 0.3) is 0 Å². The van der Waals surface area contributed by atoms with Crippen molar-refractivity contribution in [3.63, 3.8) is 0 Å². The maximum absolute atomic E-state index is 5.66. The van der Waals surface area contributed by atoms with Gasteiger partial charge >= 0.3 is 0 Å². The summed E-state index contributed by atoms with van der Waals surface area (Å²) in [6.07, 6.45) is 4.38. The van der Waals surface area contributed by atoms with Gasteiger partial charge in [-0.05, 0) is 12.1 Å². The van der Waals surface area contributed by atoms with Crippen molar-refractivity contribution in [2.45, 2.75) is 12.7 Å². The minimum atomic E-state index is 0.370. The Morgan fingerprint density at radius 2 is 2.40 bits per heavy atom. The molecule has 0 radical (unpaired) electrons. The van der Waals surface area contributed by atoms with Crippen molar-refractivity contribution in [2.24, 2.45) is 0 Å². The quantitative estimate of drug-likeness (QED) is 0.802. The number of nitrogens with one attached hydrogen (secondary N) is 1. The van der Waals surface area contributed by atoms with Crippen molar-refractivity contribution in [3.05, 3.63) is 36.3 Å². The van der Waals surface area contributed by atoms with Gasteiger partial charge in [-0.3, -0.25) is 0 Å². The lowest BCUT2D eigenvalue weighted by Gasteiger charge is -2.26. The summed E-state index contributed by atoms with van der Waals surface area (Å²) in [5, 5.41) is 3.17. The maximum atomic E-state index is 5.66. The summed E-state index contributed by atoms with van der Waals surface area (Å²) < 4.78 is 7.67. The molecule has 1 fully saturated rings. The van der Waals surface area contributed by atoms with E-state index in [9.17, 15) is 0 Å². The number of rotatable bonds is 3. The number of fused-ring (bicyclic) bond motifs is 1. The molecule has 1 saturated heterocycles. The second-order valence-corrected chi connectivity index (χ2v) is 3.79. The summed E-state index contributed by atoms with van der Waals surface area (Å²) in [6, 6.07) is 5.98. The Labute approximate surface area is 87.9 Å². The summed E-state index contributed by atoms with van der Waals surface area (Å²) in [4.78, 5) is 4.46. The molecule has 1 aliphatic heterocycles. The second-order valence-electron chi connectivity index (χ2n) is 3.79. The third-order valence-corrected chi connectivity index (χ3v) is 2.62. The van der Waals surface area contributed by atoms with Crippen molar-refractivity contribution >= 4 is 5.65 Å². The zero-order chi connectivity index (χ0) is 10.1. The van der Waals surface area contributed by atoms with E-state index in [1.807, 2.05) is 35.0 Å². The number of imidazole rings is 1. The first-order chi connectivity index (χ1) is 7.42. The Morgan fingerprint density at radius 1 is 1.47 bits per heavy atom. The van der Waals surface area contributed by atoms with Crippen molar-refractivity contribution < 1.29 is 4.74 Å². The minimum absolute atomic E-state index is 0.370. The zero-order valence-corrected chi connectivity index (χ0v) is 8.39. The van der Waals surface area contributed by atoms with Gasteiger partial charge in [-0.2, -0.15) is 0 Å². The van der Waals surface area contributed by atoms with Gasteiger partial charge < -0.3 is 14.5 Å². The summed E-state index contributed by atoms with van der Waals surface area (Å²) in [7, 11) is 0. The molecule has 0 aromatic carbocycles. The molecule has 2 aromatic rings. The van der Waals surface area contributed by atoms with Crippen molar-refractivity contribution in [1.82, 2.24) is 14.7 Å². The number of aromatic nitrogens is 2. The molecular weight excluding hydrogens is 190 g/mol. The lowest BCUT2D eigenvalue weighted by molar-refractivity contribution is 0.00623. The van der Waals surface area contributed by atoms with Crippen LogP contribution in [0.1, 0.15) is 5.69 Å². The first-order valence-corrected chi connectivity index (χ1v) is 5.17. The molecule has 1 N–H and O–H groups in total. The van der Waals surface area contributed by atoms with Crippen molar-refractivity contribution in [3.8, 4) is 0 Å². The van der Waals surface area contributed by atoms with E-state index in [1.165, 1.54) is 0 Å². The Balaban J connectivity index is 1.73. The molecule has 1 aliphatic rings. The largest absolute Gasteiger partial charge is 0.369 e. The number of ether oxygens (including phenoxy) is 1. The van der Waals surface area contributed by atoms with E-state index in [2.05, 4.69) is 10.3 Å². The first kappa shape index (κ1) is 8.88. The van der Waals surface area contributed by atoms with E-state index < -0.39 is 0 Å². The third kappa shape index (κ3) is 1.73. The molecular formula is C11H13N3O. The number of hydrogen-bond donors (Lipinski definition) is 1. The van der Waals surface area contributed by atoms with Gasteiger partial charge in [0, 0.05) is 25.5 Å². The molecule has 0 atom stereocenters. The average molecular weight is 203 g/mol. The fraction of sp³-hybridized carbons (Fsp3) is 0.364. The molecule has 0 amide bonds. The molecule has 4 heteroatoms. The van der Waals surface area contributed by atoms with Crippen LogP contribution in [0, 0.1) is 0 Å². The third-order valence-electron chi connectivity index (χ3n) is 2.62. The Morgan fingerprint density at radius 3 is 3.13 bits per heavy atom. The molecule has 4 nitrogen and oxygen atoms in total. The molecule has 0 unspecified atom stereocenters. The topological polar surface area (TPSA) is 38.6 Å². The van der Waals surface area contributed by atoms with Crippen LogP contribution in [-0.4, -0.2) is 28.6 Å². The van der Waals surface area contributed by atoms with Gasteiger partial charge in [0.05, 0.1) is 18.4 Å². The van der Waals surface area contributed by atoms with Crippen LogP contribution in [-0.2, 0) is 11.3 Å². The molecule has 78 valence electrons. The summed E-state index contributed by atoms with van der Waals surface area (Å²) in [5.74, 6) is 0. The predicted octanol–water partition coefficient (Wildman–Crippen LogP) is 0.823. The van der Waals surface area contributed by atoms with Crippen LogP contribution in [0.4, 0.5) is 0 Å². The van der Waals surface area contributed by atoms with Crippen LogP contribution in [0.2, 0.25) is 0 Å². The molecule has 0 aliphatic carbocycles. The van der Waals surface area contributed by atoms with Crippen LogP contribution in [0.3, 0.4) is 0 Å². The van der Waals surface area contributed by atoms with Crippen LogP contribution < -0.4 is 5.32 Å². The van der Waals surface area contributed by atoms with Gasteiger partial charge in [-0.1, -0.05) is 6.07 Å². The lowest BCUT2D eigenvalue weighted by Crippen LogP contribution is -2.48. The first-order valence-electron chi connectivity index (χ1n) is 5.17.